The third kappa shape index (κ3) is 2.25. The number of carbonyl (C=O) groups is 1. The molecule has 1 aliphatic rings. The summed E-state index contributed by atoms with van der Waals surface area (Å²) in [5, 5.41) is 0. The molecule has 5 nitrogen and oxygen atoms in total. The van der Waals surface area contributed by atoms with Crippen molar-refractivity contribution in [2.45, 2.75) is 13.1 Å². The van der Waals surface area contributed by atoms with E-state index >= 15 is 0 Å². The second-order valence-corrected chi connectivity index (χ2v) is 5.60. The molecule has 0 radical (unpaired) electrons. The van der Waals surface area contributed by atoms with E-state index in [1.165, 1.54) is 0 Å². The maximum atomic E-state index is 12.8. The predicted octanol–water partition coefficient (Wildman–Crippen LogP) is 2.70. The lowest BCUT2D eigenvalue weighted by molar-refractivity contribution is 0.0705. The van der Waals surface area contributed by atoms with Crippen LogP contribution in [-0.2, 0) is 13.1 Å². The summed E-state index contributed by atoms with van der Waals surface area (Å²) in [6.45, 7) is 1.95. The molecule has 0 spiro atoms. The van der Waals surface area contributed by atoms with E-state index in [0.29, 0.717) is 24.4 Å². The molecule has 1 aromatic heterocycles. The summed E-state index contributed by atoms with van der Waals surface area (Å²) in [5.74, 6) is 1.53. The van der Waals surface area contributed by atoms with Crippen molar-refractivity contribution in [1.29, 1.82) is 0 Å². The van der Waals surface area contributed by atoms with Gasteiger partial charge >= 0.3 is 0 Å². The van der Waals surface area contributed by atoms with Gasteiger partial charge in [0.05, 0.1) is 30.3 Å². The van der Waals surface area contributed by atoms with Crippen LogP contribution in [0.2, 0.25) is 0 Å². The summed E-state index contributed by atoms with van der Waals surface area (Å²) < 4.78 is 7.50. The Balaban J connectivity index is 1.66. The van der Waals surface area contributed by atoms with Gasteiger partial charge in [-0.1, -0.05) is 24.3 Å². The SMILES string of the molecule is COc1ccccc1C(=O)N1CCn2c(nc3ccccc32)C1. The number of methoxy groups -OCH3 is 1. The number of nitrogens with zero attached hydrogens (tertiary/aromatic N) is 3. The Bertz CT molecular complexity index is 885. The molecular formula is C18H17N3O2. The number of fused-ring (bicyclic) bond motifs is 3. The number of para-hydroxylation sites is 3. The number of carbonyl (C=O) groups excluding carboxylic acids is 1. The van der Waals surface area contributed by atoms with Crippen LogP contribution in [0.5, 0.6) is 5.75 Å². The standard InChI is InChI=1S/C18H17N3O2/c1-23-16-9-5-2-6-13(16)18(22)20-10-11-21-15-8-4-3-7-14(15)19-17(21)12-20/h2-9H,10-12H2,1H3. The van der Waals surface area contributed by atoms with E-state index in [1.807, 2.05) is 41.3 Å². The molecule has 2 aromatic carbocycles. The molecule has 0 N–H and O–H groups in total. The summed E-state index contributed by atoms with van der Waals surface area (Å²) in [7, 11) is 1.59. The Morgan fingerprint density at radius 1 is 1.09 bits per heavy atom. The smallest absolute Gasteiger partial charge is 0.258 e. The highest BCUT2D eigenvalue weighted by Gasteiger charge is 2.25. The first-order chi connectivity index (χ1) is 11.3. The molecule has 0 aliphatic carbocycles. The lowest BCUT2D eigenvalue weighted by Gasteiger charge is -2.28. The van der Waals surface area contributed by atoms with Crippen molar-refractivity contribution in [3.8, 4) is 5.75 Å². The van der Waals surface area contributed by atoms with E-state index in [4.69, 9.17) is 4.74 Å². The van der Waals surface area contributed by atoms with E-state index in [2.05, 4.69) is 15.6 Å². The molecule has 23 heavy (non-hydrogen) atoms. The van der Waals surface area contributed by atoms with Gasteiger partial charge in [-0.05, 0) is 24.3 Å². The fraction of sp³-hybridized carbons (Fsp3) is 0.222. The molecule has 5 heteroatoms. The summed E-state index contributed by atoms with van der Waals surface area (Å²) in [6, 6.07) is 15.4. The van der Waals surface area contributed by atoms with Gasteiger partial charge in [0.2, 0.25) is 0 Å². The lowest BCUT2D eigenvalue weighted by Crippen LogP contribution is -2.38. The zero-order valence-corrected chi connectivity index (χ0v) is 12.9. The van der Waals surface area contributed by atoms with Gasteiger partial charge in [-0.15, -0.1) is 0 Å². The zero-order valence-electron chi connectivity index (χ0n) is 12.9. The first-order valence-electron chi connectivity index (χ1n) is 7.64. The van der Waals surface area contributed by atoms with Crippen molar-refractivity contribution in [3.05, 3.63) is 59.9 Å². The van der Waals surface area contributed by atoms with E-state index < -0.39 is 0 Å². The van der Waals surface area contributed by atoms with Crippen LogP contribution in [0.1, 0.15) is 16.2 Å². The first-order valence-corrected chi connectivity index (χ1v) is 7.64. The summed E-state index contributed by atoms with van der Waals surface area (Å²) in [5.41, 5.74) is 2.71. The minimum Gasteiger partial charge on any atom is -0.496 e. The van der Waals surface area contributed by atoms with Crippen LogP contribution >= 0.6 is 0 Å². The third-order valence-electron chi connectivity index (χ3n) is 4.28. The van der Waals surface area contributed by atoms with Crippen LogP contribution in [0, 0.1) is 0 Å². The maximum absolute atomic E-state index is 12.8. The van der Waals surface area contributed by atoms with Gasteiger partial charge < -0.3 is 14.2 Å². The summed E-state index contributed by atoms with van der Waals surface area (Å²) >= 11 is 0. The van der Waals surface area contributed by atoms with Gasteiger partial charge in [0.1, 0.15) is 11.6 Å². The van der Waals surface area contributed by atoms with E-state index in [1.54, 1.807) is 13.2 Å². The highest BCUT2D eigenvalue weighted by molar-refractivity contribution is 5.97. The molecular weight excluding hydrogens is 290 g/mol. The fourth-order valence-electron chi connectivity index (χ4n) is 3.13. The van der Waals surface area contributed by atoms with Gasteiger partial charge in [-0.2, -0.15) is 0 Å². The van der Waals surface area contributed by atoms with Gasteiger partial charge in [-0.3, -0.25) is 4.79 Å². The quantitative estimate of drug-likeness (QED) is 0.731. The van der Waals surface area contributed by atoms with E-state index in [9.17, 15) is 4.79 Å². The molecule has 0 fully saturated rings. The van der Waals surface area contributed by atoms with Crippen molar-refractivity contribution in [1.82, 2.24) is 14.5 Å². The summed E-state index contributed by atoms with van der Waals surface area (Å²) in [6.07, 6.45) is 0. The number of imidazole rings is 1. The normalized spacial score (nSPS) is 13.9. The molecule has 2 heterocycles. The lowest BCUT2D eigenvalue weighted by atomic mass is 10.1. The van der Waals surface area contributed by atoms with Crippen LogP contribution in [0.25, 0.3) is 11.0 Å². The molecule has 1 aliphatic heterocycles. The summed E-state index contributed by atoms with van der Waals surface area (Å²) in [4.78, 5) is 19.3. The topological polar surface area (TPSA) is 47.4 Å². The molecule has 0 bridgehead atoms. The molecule has 3 aromatic rings. The molecule has 1 amide bonds. The molecule has 0 atom stereocenters. The largest absolute Gasteiger partial charge is 0.496 e. The van der Waals surface area contributed by atoms with Crippen LogP contribution in [0.3, 0.4) is 0 Å². The Morgan fingerprint density at radius 3 is 2.74 bits per heavy atom. The zero-order chi connectivity index (χ0) is 15.8. The van der Waals surface area contributed by atoms with Crippen molar-refractivity contribution in [2.75, 3.05) is 13.7 Å². The highest BCUT2D eigenvalue weighted by atomic mass is 16.5. The second kappa shape index (κ2) is 5.43. The van der Waals surface area contributed by atoms with Crippen LogP contribution in [-0.4, -0.2) is 34.0 Å². The number of ether oxygens (including phenoxy) is 1. The number of hydrogen-bond donors (Lipinski definition) is 0. The fourth-order valence-corrected chi connectivity index (χ4v) is 3.13. The molecule has 0 unspecified atom stereocenters. The average Bonchev–Trinajstić information content (AvgIpc) is 2.98. The Labute approximate surface area is 134 Å². The van der Waals surface area contributed by atoms with Crippen molar-refractivity contribution >= 4 is 16.9 Å². The van der Waals surface area contributed by atoms with Gasteiger partial charge in [0.25, 0.3) is 5.91 Å². The first kappa shape index (κ1) is 13.8. The molecule has 0 saturated carbocycles. The molecule has 0 saturated heterocycles. The monoisotopic (exact) mass is 307 g/mol. The Morgan fingerprint density at radius 2 is 1.87 bits per heavy atom. The van der Waals surface area contributed by atoms with Gasteiger partial charge in [-0.25, -0.2) is 4.98 Å². The second-order valence-electron chi connectivity index (χ2n) is 5.60. The number of hydrogen-bond acceptors (Lipinski definition) is 3. The van der Waals surface area contributed by atoms with Gasteiger partial charge in [0.15, 0.2) is 0 Å². The maximum Gasteiger partial charge on any atom is 0.258 e. The van der Waals surface area contributed by atoms with E-state index in [-0.39, 0.29) is 5.91 Å². The van der Waals surface area contributed by atoms with Crippen LogP contribution < -0.4 is 4.74 Å². The molecule has 116 valence electrons. The van der Waals surface area contributed by atoms with Crippen molar-refractivity contribution in [2.24, 2.45) is 0 Å². The van der Waals surface area contributed by atoms with Crippen LogP contribution in [0.4, 0.5) is 0 Å². The minimum atomic E-state index is -0.0132. The Kier molecular flexibility index (Phi) is 3.26. The predicted molar refractivity (Wildman–Crippen MR) is 87.5 cm³/mol. The third-order valence-corrected chi connectivity index (χ3v) is 4.28. The Hall–Kier alpha value is -2.82. The number of aromatic nitrogens is 2. The number of amides is 1. The van der Waals surface area contributed by atoms with Crippen molar-refractivity contribution < 1.29 is 9.53 Å². The average molecular weight is 307 g/mol. The highest BCUT2D eigenvalue weighted by Crippen LogP contribution is 2.24. The van der Waals surface area contributed by atoms with Crippen molar-refractivity contribution in [3.63, 3.8) is 0 Å². The number of benzene rings is 2. The molecule has 4 rings (SSSR count). The van der Waals surface area contributed by atoms with Gasteiger partial charge in [0, 0.05) is 13.1 Å². The minimum absolute atomic E-state index is 0.0132. The van der Waals surface area contributed by atoms with E-state index in [0.717, 1.165) is 23.4 Å². The van der Waals surface area contributed by atoms with Crippen LogP contribution in [0.15, 0.2) is 48.5 Å². The number of rotatable bonds is 2.